The fourth-order valence-electron chi connectivity index (χ4n) is 3.70. The molecule has 9 heteroatoms. The van der Waals surface area contributed by atoms with Gasteiger partial charge in [-0.15, -0.1) is 0 Å². The molecule has 2 aromatic carbocycles. The van der Waals surface area contributed by atoms with E-state index in [9.17, 15) is 9.90 Å². The zero-order valence-corrected chi connectivity index (χ0v) is 15.4. The van der Waals surface area contributed by atoms with Gasteiger partial charge in [0.25, 0.3) is 0 Å². The minimum atomic E-state index is -0.729. The first kappa shape index (κ1) is 18.1. The van der Waals surface area contributed by atoms with Crippen molar-refractivity contribution in [2.24, 2.45) is 11.7 Å². The zero-order valence-electron chi connectivity index (χ0n) is 15.4. The molecule has 2 aliphatic heterocycles. The van der Waals surface area contributed by atoms with Crippen LogP contribution in [0.4, 0.5) is 4.79 Å². The lowest BCUT2D eigenvalue weighted by Gasteiger charge is -2.38. The van der Waals surface area contributed by atoms with Gasteiger partial charge in [0.05, 0.1) is 7.11 Å². The van der Waals surface area contributed by atoms with Crippen LogP contribution in [0.15, 0.2) is 30.3 Å². The number of methoxy groups -OCH3 is 1. The number of primary amides is 1. The average Bonchev–Trinajstić information content (AvgIpc) is 3.13. The number of phenols is 1. The molecule has 28 heavy (non-hydrogen) atoms. The maximum absolute atomic E-state index is 11.1. The van der Waals surface area contributed by atoms with E-state index in [0.29, 0.717) is 28.6 Å². The van der Waals surface area contributed by atoms with Gasteiger partial charge in [0.1, 0.15) is 5.75 Å². The van der Waals surface area contributed by atoms with Gasteiger partial charge in [-0.05, 0) is 12.1 Å². The van der Waals surface area contributed by atoms with Crippen LogP contribution < -0.4 is 35.5 Å². The number of fused-ring (bicyclic) bond motifs is 2. The number of ether oxygens (including phenoxy) is 4. The Balaban J connectivity index is 1.82. The molecule has 0 unspecified atom stereocenters. The summed E-state index contributed by atoms with van der Waals surface area (Å²) in [6.07, 6.45) is -0.601. The number of phenolic OH excluding ortho intramolecular Hbond substituents is 1. The molecule has 4 rings (SSSR count). The van der Waals surface area contributed by atoms with Gasteiger partial charge >= 0.3 is 6.03 Å². The van der Waals surface area contributed by atoms with Crippen LogP contribution in [0.5, 0.6) is 28.7 Å². The second-order valence-electron chi connectivity index (χ2n) is 6.65. The predicted octanol–water partition coefficient (Wildman–Crippen LogP) is 1.79. The summed E-state index contributed by atoms with van der Waals surface area (Å²) >= 11 is 0. The molecule has 2 aromatic rings. The molecule has 0 fully saturated rings. The Kier molecular flexibility index (Phi) is 4.52. The molecule has 2 heterocycles. The van der Waals surface area contributed by atoms with Crippen LogP contribution in [0.2, 0.25) is 0 Å². The maximum atomic E-state index is 11.1. The van der Waals surface area contributed by atoms with Crippen molar-refractivity contribution in [3.05, 3.63) is 41.5 Å². The third kappa shape index (κ3) is 2.99. The van der Waals surface area contributed by atoms with Crippen molar-refractivity contribution in [3.63, 3.8) is 0 Å². The average molecular weight is 387 g/mol. The van der Waals surface area contributed by atoms with Gasteiger partial charge in [-0.3, -0.25) is 5.43 Å². The van der Waals surface area contributed by atoms with Crippen LogP contribution in [0, 0.1) is 5.92 Å². The summed E-state index contributed by atoms with van der Waals surface area (Å²) in [5, 5.41) is 10.8. The van der Waals surface area contributed by atoms with Crippen LogP contribution in [-0.2, 0) is 0 Å². The molecule has 148 valence electrons. The van der Waals surface area contributed by atoms with Crippen molar-refractivity contribution in [2.75, 3.05) is 13.9 Å². The van der Waals surface area contributed by atoms with Gasteiger partial charge < -0.3 is 29.8 Å². The van der Waals surface area contributed by atoms with E-state index in [2.05, 4.69) is 10.9 Å². The summed E-state index contributed by atoms with van der Waals surface area (Å²) < 4.78 is 22.3. The molecule has 0 aromatic heterocycles. The van der Waals surface area contributed by atoms with Crippen molar-refractivity contribution in [1.82, 2.24) is 10.9 Å². The van der Waals surface area contributed by atoms with Crippen molar-refractivity contribution in [2.45, 2.75) is 19.1 Å². The van der Waals surface area contributed by atoms with Gasteiger partial charge in [0.15, 0.2) is 29.2 Å². The first-order valence-corrected chi connectivity index (χ1v) is 8.76. The van der Waals surface area contributed by atoms with Crippen LogP contribution in [0.25, 0.3) is 0 Å². The van der Waals surface area contributed by atoms with E-state index < -0.39 is 12.3 Å². The van der Waals surface area contributed by atoms with E-state index in [1.807, 2.05) is 25.1 Å². The summed E-state index contributed by atoms with van der Waals surface area (Å²) in [6, 6.07) is 8.20. The molecule has 2 aliphatic rings. The Morgan fingerprint density at radius 1 is 1.21 bits per heavy atom. The highest BCUT2D eigenvalue weighted by Gasteiger charge is 2.39. The van der Waals surface area contributed by atoms with Crippen molar-refractivity contribution in [1.29, 1.82) is 0 Å². The van der Waals surface area contributed by atoms with Gasteiger partial charge in [-0.25, -0.2) is 4.79 Å². The van der Waals surface area contributed by atoms with Crippen LogP contribution >= 0.6 is 0 Å². The quantitative estimate of drug-likeness (QED) is 0.590. The Bertz CT molecular complexity index is 919. The SMILES string of the molecule is COc1cccc([C@H]2c3cc4c(cc3O[C@H](NNC(N)=O)[C@@H]2C)OCO4)c1O. The summed E-state index contributed by atoms with van der Waals surface area (Å²) in [6.45, 7) is 2.07. The molecular weight excluding hydrogens is 366 g/mol. The number of urea groups is 1. The van der Waals surface area contributed by atoms with Gasteiger partial charge in [0.2, 0.25) is 6.79 Å². The highest BCUT2D eigenvalue weighted by atomic mass is 16.7. The first-order chi connectivity index (χ1) is 13.5. The molecule has 2 amide bonds. The number of carbonyl (C=O) groups is 1. The summed E-state index contributed by atoms with van der Waals surface area (Å²) in [4.78, 5) is 11.1. The number of benzene rings is 2. The molecule has 3 atom stereocenters. The number of rotatable bonds is 4. The first-order valence-electron chi connectivity index (χ1n) is 8.76. The van der Waals surface area contributed by atoms with Gasteiger partial charge in [-0.2, -0.15) is 5.43 Å². The Morgan fingerprint density at radius 3 is 2.68 bits per heavy atom. The molecule has 0 aliphatic carbocycles. The molecule has 0 spiro atoms. The number of hydrogen-bond donors (Lipinski definition) is 4. The van der Waals surface area contributed by atoms with E-state index in [4.69, 9.17) is 24.7 Å². The molecule has 0 radical (unpaired) electrons. The normalized spacial score (nSPS) is 22.1. The van der Waals surface area contributed by atoms with Gasteiger partial charge in [0, 0.05) is 29.0 Å². The number of hydrogen-bond acceptors (Lipinski definition) is 7. The van der Waals surface area contributed by atoms with E-state index in [-0.39, 0.29) is 24.4 Å². The van der Waals surface area contributed by atoms with Gasteiger partial charge in [-0.1, -0.05) is 19.1 Å². The fraction of sp³-hybridized carbons (Fsp3) is 0.316. The number of para-hydroxylation sites is 1. The zero-order chi connectivity index (χ0) is 19.8. The monoisotopic (exact) mass is 387 g/mol. The highest BCUT2D eigenvalue weighted by molar-refractivity contribution is 5.71. The summed E-state index contributed by atoms with van der Waals surface area (Å²) in [5.74, 6) is 1.69. The van der Waals surface area contributed by atoms with Crippen LogP contribution in [-0.4, -0.2) is 31.3 Å². The number of nitrogens with one attached hydrogen (secondary N) is 2. The number of hydrazine groups is 1. The van der Waals surface area contributed by atoms with Crippen molar-refractivity contribution in [3.8, 4) is 28.7 Å². The van der Waals surface area contributed by atoms with Crippen LogP contribution in [0.3, 0.4) is 0 Å². The van der Waals surface area contributed by atoms with E-state index in [0.717, 1.165) is 5.56 Å². The smallest absolute Gasteiger partial charge is 0.326 e. The largest absolute Gasteiger partial charge is 0.504 e. The highest BCUT2D eigenvalue weighted by Crippen LogP contribution is 2.51. The molecule has 0 saturated carbocycles. The third-order valence-electron chi connectivity index (χ3n) is 5.02. The topological polar surface area (TPSA) is 124 Å². The lowest BCUT2D eigenvalue weighted by Crippen LogP contribution is -2.54. The van der Waals surface area contributed by atoms with E-state index >= 15 is 0 Å². The fourth-order valence-corrected chi connectivity index (χ4v) is 3.70. The number of nitrogens with two attached hydrogens (primary N) is 1. The second kappa shape index (κ2) is 7.01. The van der Waals surface area contributed by atoms with Crippen molar-refractivity contribution < 1.29 is 28.8 Å². The van der Waals surface area contributed by atoms with E-state index in [1.54, 1.807) is 12.1 Å². The Morgan fingerprint density at radius 2 is 1.96 bits per heavy atom. The second-order valence-corrected chi connectivity index (χ2v) is 6.65. The predicted molar refractivity (Wildman–Crippen MR) is 98.5 cm³/mol. The molecule has 9 nitrogen and oxygen atoms in total. The Labute approximate surface area is 161 Å². The lowest BCUT2D eigenvalue weighted by atomic mass is 9.78. The summed E-state index contributed by atoms with van der Waals surface area (Å²) in [7, 11) is 1.50. The molecule has 5 N–H and O–H groups in total. The number of aromatic hydroxyl groups is 1. The molecule has 0 saturated heterocycles. The standard InChI is InChI=1S/C19H21N3O6/c1-9-16(10-4-3-5-12(25-2)17(10)23)11-6-14-15(27-8-26-14)7-13(11)28-18(9)21-22-19(20)24/h3-7,9,16,18,21,23H,8H2,1-2H3,(H3,20,22,24)/t9-,16+,18+/m1/s1. The minimum Gasteiger partial charge on any atom is -0.504 e. The maximum Gasteiger partial charge on any atom is 0.326 e. The molecule has 0 bridgehead atoms. The number of carbonyl (C=O) groups excluding carboxylic acids is 1. The van der Waals surface area contributed by atoms with E-state index in [1.165, 1.54) is 7.11 Å². The Hall–Kier alpha value is -3.33. The summed E-state index contributed by atoms with van der Waals surface area (Å²) in [5.41, 5.74) is 11.8. The third-order valence-corrected chi connectivity index (χ3v) is 5.02. The van der Waals surface area contributed by atoms with Crippen molar-refractivity contribution >= 4 is 6.03 Å². The lowest BCUT2D eigenvalue weighted by molar-refractivity contribution is 0.0687. The minimum absolute atomic E-state index is 0.0500. The van der Waals surface area contributed by atoms with Crippen LogP contribution in [0.1, 0.15) is 24.0 Å². The number of amides is 2. The molecular formula is C19H21N3O6.